The molecule has 5 nitrogen and oxygen atoms in total. The summed E-state index contributed by atoms with van der Waals surface area (Å²) in [4.78, 5) is 11.6. The highest BCUT2D eigenvalue weighted by Crippen LogP contribution is 2.36. The molecule has 18 heavy (non-hydrogen) atoms. The number of hydrogen-bond acceptors (Lipinski definition) is 5. The van der Waals surface area contributed by atoms with Crippen molar-refractivity contribution in [3.05, 3.63) is 22.2 Å². The van der Waals surface area contributed by atoms with Crippen LogP contribution in [-0.2, 0) is 4.74 Å². The van der Waals surface area contributed by atoms with Crippen molar-refractivity contribution in [2.24, 2.45) is 0 Å². The zero-order valence-corrected chi connectivity index (χ0v) is 11.6. The second kappa shape index (κ2) is 6.87. The van der Waals surface area contributed by atoms with Gasteiger partial charge in [0.2, 0.25) is 0 Å². The van der Waals surface area contributed by atoms with Crippen molar-refractivity contribution < 1.29 is 19.0 Å². The molecule has 1 rings (SSSR count). The number of hydrogen-bond donors (Lipinski definition) is 0. The maximum atomic E-state index is 11.6. The van der Waals surface area contributed by atoms with Gasteiger partial charge in [-0.15, -0.1) is 0 Å². The van der Waals surface area contributed by atoms with Crippen molar-refractivity contribution in [2.45, 2.75) is 6.92 Å². The van der Waals surface area contributed by atoms with Crippen molar-refractivity contribution in [1.82, 2.24) is 0 Å². The van der Waals surface area contributed by atoms with E-state index in [0.717, 1.165) is 0 Å². The van der Waals surface area contributed by atoms with Crippen molar-refractivity contribution in [2.75, 3.05) is 20.3 Å². The number of carbonyl (C=O) groups excluding carboxylic acids is 1. The molecule has 0 aliphatic carbocycles. The molecule has 0 aliphatic heterocycles. The highest BCUT2D eigenvalue weighted by molar-refractivity contribution is 9.10. The normalized spacial score (nSPS) is 9.44. The lowest BCUT2D eigenvalue weighted by atomic mass is 10.2. The van der Waals surface area contributed by atoms with Gasteiger partial charge in [0, 0.05) is 0 Å². The van der Waals surface area contributed by atoms with Crippen LogP contribution >= 0.6 is 15.9 Å². The molecule has 0 saturated carbocycles. The standard InChI is InChI=1S/C12H12BrNO4/c1-3-17-10-7-8(12(15)18-5-4-14)6-9(13)11(10)16-2/h6-7H,3,5H2,1-2H3. The number of rotatable bonds is 5. The van der Waals surface area contributed by atoms with Gasteiger partial charge in [-0.05, 0) is 35.0 Å². The molecule has 0 amide bonds. The van der Waals surface area contributed by atoms with Crippen molar-refractivity contribution in [1.29, 1.82) is 5.26 Å². The van der Waals surface area contributed by atoms with E-state index in [4.69, 9.17) is 19.5 Å². The third-order valence-corrected chi connectivity index (χ3v) is 2.61. The molecule has 0 aromatic heterocycles. The molecule has 0 unspecified atom stereocenters. The first-order chi connectivity index (χ1) is 8.63. The molecule has 0 fully saturated rings. The second-order valence-corrected chi connectivity index (χ2v) is 4.01. The summed E-state index contributed by atoms with van der Waals surface area (Å²) in [6.45, 7) is 1.99. The Hall–Kier alpha value is -1.74. The Balaban J connectivity index is 3.08. The van der Waals surface area contributed by atoms with Gasteiger partial charge in [0.05, 0.1) is 23.8 Å². The Morgan fingerprint density at radius 3 is 2.78 bits per heavy atom. The molecule has 0 heterocycles. The van der Waals surface area contributed by atoms with Crippen molar-refractivity contribution in [3.8, 4) is 17.6 Å². The first-order valence-corrected chi connectivity index (χ1v) is 5.97. The van der Waals surface area contributed by atoms with E-state index in [1.165, 1.54) is 13.2 Å². The summed E-state index contributed by atoms with van der Waals surface area (Å²) in [5.41, 5.74) is 0.293. The van der Waals surface area contributed by atoms with Gasteiger partial charge in [0.1, 0.15) is 6.07 Å². The minimum absolute atomic E-state index is 0.285. The fourth-order valence-electron chi connectivity index (χ4n) is 1.33. The van der Waals surface area contributed by atoms with Gasteiger partial charge < -0.3 is 14.2 Å². The van der Waals surface area contributed by atoms with Gasteiger partial charge >= 0.3 is 5.97 Å². The van der Waals surface area contributed by atoms with Gasteiger partial charge in [-0.1, -0.05) is 0 Å². The van der Waals surface area contributed by atoms with E-state index < -0.39 is 5.97 Å². The average molecular weight is 314 g/mol. The number of nitriles is 1. The molecule has 0 saturated heterocycles. The zero-order valence-electron chi connectivity index (χ0n) is 10.0. The topological polar surface area (TPSA) is 68.5 Å². The highest BCUT2D eigenvalue weighted by Gasteiger charge is 2.16. The Kier molecular flexibility index (Phi) is 5.46. The number of methoxy groups -OCH3 is 1. The molecular weight excluding hydrogens is 302 g/mol. The van der Waals surface area contributed by atoms with Crippen LogP contribution in [0.25, 0.3) is 0 Å². The molecule has 0 spiro atoms. The number of nitrogens with zero attached hydrogens (tertiary/aromatic N) is 1. The summed E-state index contributed by atoms with van der Waals surface area (Å²) in [6, 6.07) is 4.81. The predicted octanol–water partition coefficient (Wildman–Crippen LogP) is 2.54. The lowest BCUT2D eigenvalue weighted by Gasteiger charge is -2.12. The molecule has 1 aromatic carbocycles. The fourth-order valence-corrected chi connectivity index (χ4v) is 1.93. The molecule has 0 atom stereocenters. The summed E-state index contributed by atoms with van der Waals surface area (Å²) < 4.78 is 15.8. The lowest BCUT2D eigenvalue weighted by Crippen LogP contribution is -2.07. The molecule has 1 aromatic rings. The molecule has 0 aliphatic rings. The quantitative estimate of drug-likeness (QED) is 0.781. The first kappa shape index (κ1) is 14.3. The van der Waals surface area contributed by atoms with E-state index in [0.29, 0.717) is 28.1 Å². The number of halogens is 1. The molecule has 0 bridgehead atoms. The Morgan fingerprint density at radius 2 is 2.22 bits per heavy atom. The van der Waals surface area contributed by atoms with E-state index in [1.54, 1.807) is 12.1 Å². The maximum Gasteiger partial charge on any atom is 0.339 e. The van der Waals surface area contributed by atoms with E-state index >= 15 is 0 Å². The molecule has 6 heteroatoms. The number of ether oxygens (including phenoxy) is 3. The van der Waals surface area contributed by atoms with Crippen LogP contribution in [0.5, 0.6) is 11.5 Å². The van der Waals surface area contributed by atoms with Gasteiger partial charge in [0.25, 0.3) is 0 Å². The van der Waals surface area contributed by atoms with Crippen LogP contribution in [0.3, 0.4) is 0 Å². The molecule has 0 radical (unpaired) electrons. The highest BCUT2D eigenvalue weighted by atomic mass is 79.9. The fraction of sp³-hybridized carbons (Fsp3) is 0.333. The van der Waals surface area contributed by atoms with Crippen LogP contribution < -0.4 is 9.47 Å². The van der Waals surface area contributed by atoms with E-state index in [2.05, 4.69) is 15.9 Å². The lowest BCUT2D eigenvalue weighted by molar-refractivity contribution is 0.0554. The van der Waals surface area contributed by atoms with Gasteiger partial charge in [0.15, 0.2) is 18.1 Å². The molecule has 0 N–H and O–H groups in total. The minimum Gasteiger partial charge on any atom is -0.492 e. The predicted molar refractivity (Wildman–Crippen MR) is 67.8 cm³/mol. The summed E-state index contributed by atoms with van der Waals surface area (Å²) in [5.74, 6) is 0.368. The summed E-state index contributed by atoms with van der Waals surface area (Å²) >= 11 is 3.29. The van der Waals surface area contributed by atoms with Crippen molar-refractivity contribution in [3.63, 3.8) is 0 Å². The third-order valence-electron chi connectivity index (χ3n) is 2.02. The van der Waals surface area contributed by atoms with Crippen LogP contribution in [0.2, 0.25) is 0 Å². The summed E-state index contributed by atoms with van der Waals surface area (Å²) in [6.07, 6.45) is 0. The number of benzene rings is 1. The first-order valence-electron chi connectivity index (χ1n) is 5.18. The van der Waals surface area contributed by atoms with Crippen LogP contribution in [0.1, 0.15) is 17.3 Å². The molecular formula is C12H12BrNO4. The SMILES string of the molecule is CCOc1cc(C(=O)OCC#N)cc(Br)c1OC. The third kappa shape index (κ3) is 3.37. The monoisotopic (exact) mass is 313 g/mol. The minimum atomic E-state index is -0.583. The average Bonchev–Trinajstić information content (AvgIpc) is 2.36. The summed E-state index contributed by atoms with van der Waals surface area (Å²) in [5, 5.41) is 8.36. The Morgan fingerprint density at radius 1 is 1.50 bits per heavy atom. The van der Waals surface area contributed by atoms with Crippen LogP contribution in [0, 0.1) is 11.3 Å². The van der Waals surface area contributed by atoms with Crippen LogP contribution in [-0.4, -0.2) is 26.3 Å². The van der Waals surface area contributed by atoms with Crippen LogP contribution in [0.4, 0.5) is 0 Å². The molecule has 96 valence electrons. The van der Waals surface area contributed by atoms with Gasteiger partial charge in [-0.2, -0.15) is 5.26 Å². The number of carbonyl (C=O) groups is 1. The van der Waals surface area contributed by atoms with E-state index in [9.17, 15) is 4.79 Å². The Bertz CT molecular complexity index is 482. The maximum absolute atomic E-state index is 11.6. The number of esters is 1. The summed E-state index contributed by atoms with van der Waals surface area (Å²) in [7, 11) is 1.51. The largest absolute Gasteiger partial charge is 0.492 e. The van der Waals surface area contributed by atoms with Gasteiger partial charge in [-0.3, -0.25) is 0 Å². The van der Waals surface area contributed by atoms with E-state index in [-0.39, 0.29) is 6.61 Å². The van der Waals surface area contributed by atoms with Crippen molar-refractivity contribution >= 4 is 21.9 Å². The second-order valence-electron chi connectivity index (χ2n) is 3.16. The zero-order chi connectivity index (χ0) is 13.5. The smallest absolute Gasteiger partial charge is 0.339 e. The van der Waals surface area contributed by atoms with E-state index in [1.807, 2.05) is 6.92 Å². The van der Waals surface area contributed by atoms with Crippen LogP contribution in [0.15, 0.2) is 16.6 Å². The van der Waals surface area contributed by atoms with Gasteiger partial charge in [-0.25, -0.2) is 4.79 Å². The Labute approximate surface area is 113 Å².